The monoisotopic (exact) mass is 350 g/mol. The number of amides is 1. The molecule has 24 heavy (non-hydrogen) atoms. The van der Waals surface area contributed by atoms with E-state index in [1.165, 1.54) is 11.1 Å². The molecule has 0 atom stereocenters. The molecule has 2 aromatic rings. The molecule has 1 aliphatic rings. The Labute approximate surface area is 147 Å². The maximum Gasteiger partial charge on any atom is 0.274 e. The first kappa shape index (κ1) is 18.4. The van der Waals surface area contributed by atoms with Gasteiger partial charge in [-0.05, 0) is 43.0 Å². The third-order valence-corrected chi connectivity index (χ3v) is 4.46. The van der Waals surface area contributed by atoms with Crippen molar-refractivity contribution < 1.29 is 10.0 Å². The van der Waals surface area contributed by atoms with Crippen LogP contribution in [0.25, 0.3) is 0 Å². The zero-order chi connectivity index (χ0) is 16.2. The third kappa shape index (κ3) is 4.14. The van der Waals surface area contributed by atoms with Crippen molar-refractivity contribution in [1.29, 1.82) is 0 Å². The largest absolute Gasteiger partial charge is 0.335 e. The van der Waals surface area contributed by atoms with E-state index in [1.54, 1.807) is 11.5 Å². The van der Waals surface area contributed by atoms with Gasteiger partial charge < -0.3 is 4.57 Å². The molecule has 0 spiro atoms. The Balaban J connectivity index is 0.00000208. The summed E-state index contributed by atoms with van der Waals surface area (Å²) < 4.78 is 2.17. The number of rotatable bonds is 5. The van der Waals surface area contributed by atoms with Crippen LogP contribution in [0.15, 0.2) is 30.6 Å². The highest BCUT2D eigenvalue weighted by Crippen LogP contribution is 2.20. The van der Waals surface area contributed by atoms with E-state index >= 15 is 0 Å². The summed E-state index contributed by atoms with van der Waals surface area (Å²) in [6.45, 7) is 5.91. The smallest absolute Gasteiger partial charge is 0.274 e. The van der Waals surface area contributed by atoms with Gasteiger partial charge in [0.1, 0.15) is 5.82 Å². The first-order chi connectivity index (χ1) is 11.2. The highest BCUT2D eigenvalue weighted by atomic mass is 35.5. The van der Waals surface area contributed by atoms with E-state index in [9.17, 15) is 4.79 Å². The SMILES string of the molecule is Cc1nccn1CCCN1CCc2ccc(C(=O)NO)cc2C1.Cl. The zero-order valence-corrected chi connectivity index (χ0v) is 14.6. The molecular weight excluding hydrogens is 328 g/mol. The average Bonchev–Trinajstić information content (AvgIpc) is 2.98. The molecule has 1 amide bonds. The normalized spacial score (nSPS) is 13.9. The van der Waals surface area contributed by atoms with Gasteiger partial charge >= 0.3 is 0 Å². The molecule has 0 unspecified atom stereocenters. The molecule has 130 valence electrons. The van der Waals surface area contributed by atoms with E-state index in [4.69, 9.17) is 5.21 Å². The Hall–Kier alpha value is -1.89. The van der Waals surface area contributed by atoms with E-state index in [-0.39, 0.29) is 12.4 Å². The van der Waals surface area contributed by atoms with Crippen LogP contribution in [0.5, 0.6) is 0 Å². The number of hydrogen-bond acceptors (Lipinski definition) is 4. The standard InChI is InChI=1S/C17H22N4O2.ClH/c1-13-18-6-10-21(13)8-2-7-20-9-5-14-3-4-15(17(22)19-23)11-16(14)12-20;/h3-4,6,10-11,23H,2,5,7-9,12H2,1H3,(H,19,22);1H. The van der Waals surface area contributed by atoms with Crippen molar-refractivity contribution in [2.75, 3.05) is 13.1 Å². The van der Waals surface area contributed by atoms with Crippen LogP contribution >= 0.6 is 12.4 Å². The number of nitrogens with zero attached hydrogens (tertiary/aromatic N) is 3. The molecule has 1 aromatic carbocycles. The number of nitrogens with one attached hydrogen (secondary N) is 1. The summed E-state index contributed by atoms with van der Waals surface area (Å²) in [4.78, 5) is 18.2. The van der Waals surface area contributed by atoms with Crippen LogP contribution in [0.1, 0.15) is 33.7 Å². The van der Waals surface area contributed by atoms with Crippen LogP contribution < -0.4 is 5.48 Å². The van der Waals surface area contributed by atoms with Crippen molar-refractivity contribution in [3.63, 3.8) is 0 Å². The Morgan fingerprint density at radius 3 is 2.88 bits per heavy atom. The van der Waals surface area contributed by atoms with Crippen LogP contribution in [0, 0.1) is 6.92 Å². The predicted octanol–water partition coefficient (Wildman–Crippen LogP) is 2.18. The zero-order valence-electron chi connectivity index (χ0n) is 13.7. The molecular formula is C17H23ClN4O2. The number of carbonyl (C=O) groups excluding carboxylic acids is 1. The van der Waals surface area contributed by atoms with Gasteiger partial charge in [0.2, 0.25) is 0 Å². The van der Waals surface area contributed by atoms with Crippen molar-refractivity contribution in [2.45, 2.75) is 32.9 Å². The van der Waals surface area contributed by atoms with E-state index in [0.717, 1.165) is 44.8 Å². The minimum atomic E-state index is -0.458. The number of halogens is 1. The molecule has 1 aromatic heterocycles. The number of hydrogen-bond donors (Lipinski definition) is 2. The highest BCUT2D eigenvalue weighted by Gasteiger charge is 2.17. The fraction of sp³-hybridized carbons (Fsp3) is 0.412. The molecule has 3 rings (SSSR count). The van der Waals surface area contributed by atoms with Crippen molar-refractivity contribution in [3.8, 4) is 0 Å². The second-order valence-corrected chi connectivity index (χ2v) is 5.97. The molecule has 0 saturated heterocycles. The maximum atomic E-state index is 11.5. The molecule has 1 aliphatic heterocycles. The van der Waals surface area contributed by atoms with E-state index < -0.39 is 5.91 Å². The average molecular weight is 351 g/mol. The van der Waals surface area contributed by atoms with Gasteiger partial charge in [-0.15, -0.1) is 12.4 Å². The van der Waals surface area contributed by atoms with Gasteiger partial charge in [0.25, 0.3) is 5.91 Å². The van der Waals surface area contributed by atoms with Crippen molar-refractivity contribution in [2.24, 2.45) is 0 Å². The number of carbonyl (C=O) groups is 1. The number of benzene rings is 1. The lowest BCUT2D eigenvalue weighted by molar-refractivity contribution is 0.0706. The number of aryl methyl sites for hydroxylation is 2. The quantitative estimate of drug-likeness (QED) is 0.640. The van der Waals surface area contributed by atoms with Gasteiger partial charge in [-0.2, -0.15) is 0 Å². The first-order valence-electron chi connectivity index (χ1n) is 7.93. The summed E-state index contributed by atoms with van der Waals surface area (Å²) in [6, 6.07) is 5.64. The summed E-state index contributed by atoms with van der Waals surface area (Å²) in [5.41, 5.74) is 4.66. The molecule has 2 N–H and O–H groups in total. The number of imidazole rings is 1. The Morgan fingerprint density at radius 2 is 2.17 bits per heavy atom. The molecule has 0 radical (unpaired) electrons. The maximum absolute atomic E-state index is 11.5. The predicted molar refractivity (Wildman–Crippen MR) is 93.5 cm³/mol. The lowest BCUT2D eigenvalue weighted by atomic mass is 9.97. The van der Waals surface area contributed by atoms with Gasteiger partial charge in [0, 0.05) is 44.1 Å². The summed E-state index contributed by atoms with van der Waals surface area (Å²) in [6.07, 6.45) is 5.92. The lowest BCUT2D eigenvalue weighted by Gasteiger charge is -2.29. The van der Waals surface area contributed by atoms with Crippen LogP contribution in [0.4, 0.5) is 0 Å². The van der Waals surface area contributed by atoms with Gasteiger partial charge in [-0.25, -0.2) is 10.5 Å². The Morgan fingerprint density at radius 1 is 1.33 bits per heavy atom. The van der Waals surface area contributed by atoms with Crippen LogP contribution in [-0.2, 0) is 19.5 Å². The third-order valence-electron chi connectivity index (χ3n) is 4.46. The second-order valence-electron chi connectivity index (χ2n) is 5.97. The van der Waals surface area contributed by atoms with Gasteiger partial charge in [0.05, 0.1) is 0 Å². The van der Waals surface area contributed by atoms with Crippen molar-refractivity contribution in [1.82, 2.24) is 19.9 Å². The Bertz CT molecular complexity index is 702. The minimum absolute atomic E-state index is 0. The highest BCUT2D eigenvalue weighted by molar-refractivity contribution is 5.93. The molecule has 0 fully saturated rings. The van der Waals surface area contributed by atoms with Gasteiger partial charge in [0.15, 0.2) is 0 Å². The van der Waals surface area contributed by atoms with E-state index in [2.05, 4.69) is 14.5 Å². The molecule has 0 saturated carbocycles. The number of fused-ring (bicyclic) bond motifs is 1. The fourth-order valence-corrected chi connectivity index (χ4v) is 3.12. The van der Waals surface area contributed by atoms with E-state index in [1.807, 2.05) is 31.5 Å². The van der Waals surface area contributed by atoms with Crippen LogP contribution in [-0.4, -0.2) is 38.7 Å². The molecule has 0 bridgehead atoms. The van der Waals surface area contributed by atoms with Gasteiger partial charge in [-0.3, -0.25) is 14.9 Å². The van der Waals surface area contributed by atoms with Crippen molar-refractivity contribution in [3.05, 3.63) is 53.1 Å². The topological polar surface area (TPSA) is 70.4 Å². The van der Waals surface area contributed by atoms with Crippen molar-refractivity contribution >= 4 is 18.3 Å². The summed E-state index contributed by atoms with van der Waals surface area (Å²) >= 11 is 0. The number of hydroxylamine groups is 1. The summed E-state index contributed by atoms with van der Waals surface area (Å²) in [5.74, 6) is 0.592. The summed E-state index contributed by atoms with van der Waals surface area (Å²) in [5, 5.41) is 8.76. The fourth-order valence-electron chi connectivity index (χ4n) is 3.12. The molecule has 7 heteroatoms. The van der Waals surface area contributed by atoms with E-state index in [0.29, 0.717) is 5.56 Å². The van der Waals surface area contributed by atoms with Gasteiger partial charge in [-0.1, -0.05) is 6.07 Å². The van der Waals surface area contributed by atoms with Crippen LogP contribution in [0.2, 0.25) is 0 Å². The minimum Gasteiger partial charge on any atom is -0.335 e. The Kier molecular flexibility index (Phi) is 6.36. The second kappa shape index (κ2) is 8.28. The molecule has 2 heterocycles. The lowest BCUT2D eigenvalue weighted by Crippen LogP contribution is -2.32. The van der Waals surface area contributed by atoms with Crippen LogP contribution in [0.3, 0.4) is 0 Å². The first-order valence-corrected chi connectivity index (χ1v) is 7.93. The molecule has 0 aliphatic carbocycles. The number of aromatic nitrogens is 2. The summed E-state index contributed by atoms with van der Waals surface area (Å²) in [7, 11) is 0. The molecule has 6 nitrogen and oxygen atoms in total.